The highest BCUT2D eigenvalue weighted by molar-refractivity contribution is 5.80. The molecule has 0 radical (unpaired) electrons. The molecule has 0 bridgehead atoms. The Morgan fingerprint density at radius 3 is 2.95 bits per heavy atom. The Morgan fingerprint density at radius 2 is 2.23 bits per heavy atom. The Bertz CT molecular complexity index is 631. The minimum Gasteiger partial charge on any atom is -0.368 e. The van der Waals surface area contributed by atoms with Gasteiger partial charge in [0.2, 0.25) is 5.91 Å². The number of nitrogens with one attached hydrogen (secondary N) is 1. The van der Waals surface area contributed by atoms with E-state index in [2.05, 4.69) is 14.9 Å². The van der Waals surface area contributed by atoms with Crippen LogP contribution in [0, 0.1) is 6.92 Å². The van der Waals surface area contributed by atoms with Crippen molar-refractivity contribution in [3.63, 3.8) is 0 Å². The fourth-order valence-corrected chi connectivity index (χ4v) is 2.75. The minimum atomic E-state index is -0.266. The number of carbonyl (C=O) groups is 1. The first-order valence-corrected chi connectivity index (χ1v) is 7.72. The lowest BCUT2D eigenvalue weighted by Gasteiger charge is -2.13. The molecule has 0 aliphatic carbocycles. The Hall–Kier alpha value is -2.14. The van der Waals surface area contributed by atoms with Crippen LogP contribution in [0.4, 0.5) is 0 Å². The van der Waals surface area contributed by atoms with E-state index in [0.717, 1.165) is 29.9 Å². The zero-order chi connectivity index (χ0) is 15.4. The number of amides is 1. The summed E-state index contributed by atoms with van der Waals surface area (Å²) in [6.07, 6.45) is 3.39. The molecule has 1 aliphatic heterocycles. The van der Waals surface area contributed by atoms with E-state index in [4.69, 9.17) is 4.74 Å². The Kier molecular flexibility index (Phi) is 4.53. The number of ether oxygens (including phenoxy) is 1. The summed E-state index contributed by atoms with van der Waals surface area (Å²) in [5.74, 6) is 0.931. The van der Waals surface area contributed by atoms with Crippen molar-refractivity contribution < 1.29 is 9.53 Å². The molecular weight excluding hydrogens is 278 g/mol. The monoisotopic (exact) mass is 299 g/mol. The summed E-state index contributed by atoms with van der Waals surface area (Å²) in [6.45, 7) is 4.00. The SMILES string of the molecule is Cc1cnc(-c2ccccc2)n1CCNC(=O)C1CCCO1. The van der Waals surface area contributed by atoms with Crippen LogP contribution in [0.3, 0.4) is 0 Å². The van der Waals surface area contributed by atoms with E-state index in [1.807, 2.05) is 43.5 Å². The number of aryl methyl sites for hydroxylation is 1. The van der Waals surface area contributed by atoms with Gasteiger partial charge in [0, 0.05) is 37.2 Å². The highest BCUT2D eigenvalue weighted by Gasteiger charge is 2.23. The number of aromatic nitrogens is 2. The molecule has 1 aromatic heterocycles. The van der Waals surface area contributed by atoms with Crippen molar-refractivity contribution in [2.45, 2.75) is 32.4 Å². The molecule has 2 heterocycles. The van der Waals surface area contributed by atoms with E-state index in [1.54, 1.807) is 0 Å². The fraction of sp³-hybridized carbons (Fsp3) is 0.412. The Balaban J connectivity index is 1.63. The van der Waals surface area contributed by atoms with Crippen LogP contribution in [0.5, 0.6) is 0 Å². The number of rotatable bonds is 5. The minimum absolute atomic E-state index is 0.00321. The van der Waals surface area contributed by atoms with Crippen molar-refractivity contribution in [3.05, 3.63) is 42.2 Å². The molecule has 1 N–H and O–H groups in total. The van der Waals surface area contributed by atoms with Gasteiger partial charge in [0.15, 0.2) is 0 Å². The number of hydrogen-bond donors (Lipinski definition) is 1. The van der Waals surface area contributed by atoms with Crippen molar-refractivity contribution >= 4 is 5.91 Å². The maximum atomic E-state index is 12.0. The van der Waals surface area contributed by atoms with Gasteiger partial charge in [-0.2, -0.15) is 0 Å². The summed E-state index contributed by atoms with van der Waals surface area (Å²) < 4.78 is 7.52. The third kappa shape index (κ3) is 3.20. The lowest BCUT2D eigenvalue weighted by atomic mass is 10.2. The van der Waals surface area contributed by atoms with Crippen LogP contribution >= 0.6 is 0 Å². The first-order chi connectivity index (χ1) is 10.8. The van der Waals surface area contributed by atoms with E-state index in [-0.39, 0.29) is 12.0 Å². The Morgan fingerprint density at radius 1 is 1.41 bits per heavy atom. The zero-order valence-electron chi connectivity index (χ0n) is 12.8. The zero-order valence-corrected chi connectivity index (χ0v) is 12.8. The van der Waals surface area contributed by atoms with Gasteiger partial charge in [-0.1, -0.05) is 30.3 Å². The average Bonchev–Trinajstić information content (AvgIpc) is 3.19. The summed E-state index contributed by atoms with van der Waals surface area (Å²) in [4.78, 5) is 16.4. The molecule has 0 spiro atoms. The summed E-state index contributed by atoms with van der Waals surface area (Å²) in [6, 6.07) is 10.1. The van der Waals surface area contributed by atoms with Crippen molar-refractivity contribution in [1.29, 1.82) is 0 Å². The molecule has 1 amide bonds. The summed E-state index contributed by atoms with van der Waals surface area (Å²) in [7, 11) is 0. The van der Waals surface area contributed by atoms with Crippen LogP contribution < -0.4 is 5.32 Å². The van der Waals surface area contributed by atoms with Gasteiger partial charge in [0.1, 0.15) is 11.9 Å². The van der Waals surface area contributed by atoms with E-state index in [1.165, 1.54) is 0 Å². The van der Waals surface area contributed by atoms with Gasteiger partial charge >= 0.3 is 0 Å². The summed E-state index contributed by atoms with van der Waals surface area (Å²) in [5.41, 5.74) is 2.17. The van der Waals surface area contributed by atoms with Crippen LogP contribution in [-0.4, -0.2) is 34.7 Å². The first-order valence-electron chi connectivity index (χ1n) is 7.72. The molecule has 2 aromatic rings. The second-order valence-electron chi connectivity index (χ2n) is 5.53. The number of carbonyl (C=O) groups excluding carboxylic acids is 1. The maximum absolute atomic E-state index is 12.0. The molecule has 1 aromatic carbocycles. The Labute approximate surface area is 130 Å². The maximum Gasteiger partial charge on any atom is 0.249 e. The van der Waals surface area contributed by atoms with Crippen LogP contribution in [0.15, 0.2) is 36.5 Å². The van der Waals surface area contributed by atoms with Gasteiger partial charge < -0.3 is 14.6 Å². The molecule has 22 heavy (non-hydrogen) atoms. The predicted octanol–water partition coefficient (Wildman–Crippen LogP) is 2.15. The summed E-state index contributed by atoms with van der Waals surface area (Å²) in [5, 5.41) is 2.96. The molecule has 5 heteroatoms. The highest BCUT2D eigenvalue weighted by Crippen LogP contribution is 2.19. The molecule has 3 rings (SSSR count). The van der Waals surface area contributed by atoms with Crippen LogP contribution in [0.25, 0.3) is 11.4 Å². The second-order valence-corrected chi connectivity index (χ2v) is 5.53. The molecular formula is C17H21N3O2. The quantitative estimate of drug-likeness (QED) is 0.920. The second kappa shape index (κ2) is 6.75. The van der Waals surface area contributed by atoms with Crippen LogP contribution in [-0.2, 0) is 16.1 Å². The normalized spacial score (nSPS) is 17.6. The number of imidazole rings is 1. The smallest absolute Gasteiger partial charge is 0.249 e. The molecule has 0 saturated carbocycles. The van der Waals surface area contributed by atoms with Crippen molar-refractivity contribution in [1.82, 2.24) is 14.9 Å². The van der Waals surface area contributed by atoms with Gasteiger partial charge in [0.25, 0.3) is 0 Å². The fourth-order valence-electron chi connectivity index (χ4n) is 2.75. The topological polar surface area (TPSA) is 56.2 Å². The lowest BCUT2D eigenvalue weighted by molar-refractivity contribution is -0.130. The first kappa shape index (κ1) is 14.8. The highest BCUT2D eigenvalue weighted by atomic mass is 16.5. The standard InChI is InChI=1S/C17H21N3O2/c1-13-12-19-16(14-6-3-2-4-7-14)20(13)10-9-18-17(21)15-8-5-11-22-15/h2-4,6-7,12,15H,5,8-11H2,1H3,(H,18,21). The molecule has 116 valence electrons. The van der Waals surface area contributed by atoms with Crippen molar-refractivity contribution in [2.75, 3.05) is 13.2 Å². The van der Waals surface area contributed by atoms with Gasteiger partial charge in [-0.15, -0.1) is 0 Å². The molecule has 1 fully saturated rings. The molecule has 5 nitrogen and oxygen atoms in total. The predicted molar refractivity (Wildman–Crippen MR) is 84.4 cm³/mol. The lowest BCUT2D eigenvalue weighted by Crippen LogP contribution is -2.36. The molecule has 1 unspecified atom stereocenters. The van der Waals surface area contributed by atoms with Gasteiger partial charge in [-0.3, -0.25) is 4.79 Å². The van der Waals surface area contributed by atoms with E-state index >= 15 is 0 Å². The van der Waals surface area contributed by atoms with E-state index in [0.29, 0.717) is 19.7 Å². The molecule has 1 saturated heterocycles. The van der Waals surface area contributed by atoms with Gasteiger partial charge in [-0.05, 0) is 19.8 Å². The molecule has 1 atom stereocenters. The third-order valence-corrected chi connectivity index (χ3v) is 3.94. The molecule has 1 aliphatic rings. The van der Waals surface area contributed by atoms with Crippen molar-refractivity contribution in [2.24, 2.45) is 0 Å². The number of benzene rings is 1. The number of nitrogens with zero attached hydrogens (tertiary/aromatic N) is 2. The van der Waals surface area contributed by atoms with E-state index in [9.17, 15) is 4.79 Å². The van der Waals surface area contributed by atoms with Gasteiger partial charge in [0.05, 0.1) is 0 Å². The van der Waals surface area contributed by atoms with Crippen LogP contribution in [0.1, 0.15) is 18.5 Å². The summed E-state index contributed by atoms with van der Waals surface area (Å²) >= 11 is 0. The third-order valence-electron chi connectivity index (χ3n) is 3.94. The van der Waals surface area contributed by atoms with Crippen molar-refractivity contribution in [3.8, 4) is 11.4 Å². The largest absolute Gasteiger partial charge is 0.368 e. The van der Waals surface area contributed by atoms with Gasteiger partial charge in [-0.25, -0.2) is 4.98 Å². The van der Waals surface area contributed by atoms with Crippen LogP contribution in [0.2, 0.25) is 0 Å². The number of hydrogen-bond acceptors (Lipinski definition) is 3. The van der Waals surface area contributed by atoms with E-state index < -0.39 is 0 Å². The average molecular weight is 299 g/mol.